The van der Waals surface area contributed by atoms with E-state index in [0.29, 0.717) is 18.9 Å². The molecule has 0 bridgehead atoms. The number of hydrogen-bond donors (Lipinski definition) is 1. The van der Waals surface area contributed by atoms with Crippen molar-refractivity contribution in [1.82, 2.24) is 9.55 Å². The fourth-order valence-electron chi connectivity index (χ4n) is 3.49. The van der Waals surface area contributed by atoms with Crippen LogP contribution in [-0.4, -0.2) is 33.5 Å². The van der Waals surface area contributed by atoms with Gasteiger partial charge in [-0.3, -0.25) is 0 Å². The number of aromatic nitrogens is 2. The Balaban J connectivity index is 1.99. The number of hydrogen-bond acceptors (Lipinski definition) is 3. The molecule has 1 aliphatic carbocycles. The molecule has 4 heteroatoms. The average molecular weight is 294 g/mol. The molecule has 1 aromatic heterocycles. The van der Waals surface area contributed by atoms with Gasteiger partial charge in [-0.05, 0) is 32.1 Å². The number of aliphatic hydroxyl groups is 1. The Labute approximate surface area is 128 Å². The molecule has 21 heavy (non-hydrogen) atoms. The zero-order valence-electron chi connectivity index (χ0n) is 13.5. The second-order valence-electron chi connectivity index (χ2n) is 6.13. The largest absolute Gasteiger partial charge is 0.390 e. The van der Waals surface area contributed by atoms with Crippen LogP contribution in [0.5, 0.6) is 0 Å². The van der Waals surface area contributed by atoms with Crippen molar-refractivity contribution in [3.63, 3.8) is 0 Å². The van der Waals surface area contributed by atoms with Gasteiger partial charge < -0.3 is 14.4 Å². The van der Waals surface area contributed by atoms with Crippen molar-refractivity contribution in [3.05, 3.63) is 18.2 Å². The van der Waals surface area contributed by atoms with Gasteiger partial charge in [0.25, 0.3) is 0 Å². The Kier molecular flexibility index (Phi) is 6.71. The van der Waals surface area contributed by atoms with E-state index in [1.165, 1.54) is 32.1 Å². The van der Waals surface area contributed by atoms with E-state index in [-0.39, 0.29) is 6.10 Å². The first-order chi connectivity index (χ1) is 10.3. The van der Waals surface area contributed by atoms with E-state index < -0.39 is 6.10 Å². The molecule has 0 saturated heterocycles. The monoisotopic (exact) mass is 294 g/mol. The summed E-state index contributed by atoms with van der Waals surface area (Å²) < 4.78 is 8.05. The fraction of sp³-hybridized carbons (Fsp3) is 0.824. The van der Waals surface area contributed by atoms with Crippen molar-refractivity contribution in [2.24, 2.45) is 5.92 Å². The summed E-state index contributed by atoms with van der Waals surface area (Å²) in [6.45, 7) is 5.80. The molecule has 1 fully saturated rings. The lowest BCUT2D eigenvalue weighted by Gasteiger charge is -2.33. The van der Waals surface area contributed by atoms with Gasteiger partial charge in [-0.25, -0.2) is 4.98 Å². The van der Waals surface area contributed by atoms with E-state index in [1.807, 2.05) is 19.3 Å². The summed E-state index contributed by atoms with van der Waals surface area (Å²) in [7, 11) is 0. The highest BCUT2D eigenvalue weighted by atomic mass is 16.5. The van der Waals surface area contributed by atoms with Gasteiger partial charge in [0.2, 0.25) is 0 Å². The lowest BCUT2D eigenvalue weighted by molar-refractivity contribution is -0.0723. The van der Waals surface area contributed by atoms with E-state index in [4.69, 9.17) is 4.74 Å². The van der Waals surface area contributed by atoms with Crippen LogP contribution in [0.3, 0.4) is 0 Å². The molecular formula is C17H30N2O2. The molecule has 1 aliphatic rings. The van der Waals surface area contributed by atoms with Crippen LogP contribution in [0.2, 0.25) is 0 Å². The molecule has 0 aromatic carbocycles. The van der Waals surface area contributed by atoms with Gasteiger partial charge in [0, 0.05) is 32.0 Å². The quantitative estimate of drug-likeness (QED) is 0.801. The number of rotatable bonds is 8. The average Bonchev–Trinajstić information content (AvgIpc) is 2.93. The van der Waals surface area contributed by atoms with E-state index in [2.05, 4.69) is 16.5 Å². The lowest BCUT2D eigenvalue weighted by Crippen LogP contribution is -2.39. The summed E-state index contributed by atoms with van der Waals surface area (Å²) >= 11 is 0. The van der Waals surface area contributed by atoms with Crippen molar-refractivity contribution in [2.75, 3.05) is 6.61 Å². The van der Waals surface area contributed by atoms with Crippen molar-refractivity contribution >= 4 is 0 Å². The smallest absolute Gasteiger partial charge is 0.111 e. The maximum atomic E-state index is 10.7. The molecule has 2 rings (SSSR count). The first kappa shape index (κ1) is 16.5. The normalized spacial score (nSPS) is 19.6. The van der Waals surface area contributed by atoms with Gasteiger partial charge in [0.15, 0.2) is 0 Å². The number of aryl methyl sites for hydroxylation is 1. The van der Waals surface area contributed by atoms with Crippen LogP contribution >= 0.6 is 0 Å². The molecule has 4 nitrogen and oxygen atoms in total. The maximum absolute atomic E-state index is 10.7. The predicted molar refractivity (Wildman–Crippen MR) is 84.2 cm³/mol. The molecule has 0 spiro atoms. The van der Waals surface area contributed by atoms with Crippen LogP contribution in [0.25, 0.3) is 0 Å². The number of imidazole rings is 1. The van der Waals surface area contributed by atoms with Crippen LogP contribution in [0, 0.1) is 5.92 Å². The highest BCUT2D eigenvalue weighted by Gasteiger charge is 2.30. The minimum Gasteiger partial charge on any atom is -0.390 e. The standard InChI is InChI=1S/C17H30N2O2/c1-3-11-19-12-10-18-16(19)13-15(20)17(21-4-2)14-8-6-5-7-9-14/h10,12,14-15,17,20H,3-9,11,13H2,1-2H3. The predicted octanol–water partition coefficient (Wildman–Crippen LogP) is 3.18. The number of ether oxygens (including phenoxy) is 1. The second kappa shape index (κ2) is 8.54. The first-order valence-corrected chi connectivity index (χ1v) is 8.55. The summed E-state index contributed by atoms with van der Waals surface area (Å²) in [5, 5.41) is 10.7. The zero-order chi connectivity index (χ0) is 15.1. The maximum Gasteiger partial charge on any atom is 0.111 e. The van der Waals surface area contributed by atoms with Gasteiger partial charge in [-0.1, -0.05) is 26.2 Å². The lowest BCUT2D eigenvalue weighted by atomic mass is 9.82. The number of nitrogens with zero attached hydrogens (tertiary/aromatic N) is 2. The van der Waals surface area contributed by atoms with Crippen molar-refractivity contribution in [1.29, 1.82) is 0 Å². The number of aliphatic hydroxyl groups excluding tert-OH is 1. The Morgan fingerprint density at radius 2 is 2.10 bits per heavy atom. The van der Waals surface area contributed by atoms with E-state index >= 15 is 0 Å². The van der Waals surface area contributed by atoms with Crippen LogP contribution < -0.4 is 0 Å². The van der Waals surface area contributed by atoms with Crippen molar-refractivity contribution < 1.29 is 9.84 Å². The van der Waals surface area contributed by atoms with Gasteiger partial charge >= 0.3 is 0 Å². The minimum absolute atomic E-state index is 0.0397. The van der Waals surface area contributed by atoms with Crippen LogP contribution in [0.15, 0.2) is 12.4 Å². The first-order valence-electron chi connectivity index (χ1n) is 8.55. The molecule has 1 saturated carbocycles. The summed E-state index contributed by atoms with van der Waals surface area (Å²) in [6, 6.07) is 0. The zero-order valence-corrected chi connectivity index (χ0v) is 13.5. The third-order valence-corrected chi connectivity index (χ3v) is 4.51. The molecule has 0 amide bonds. The second-order valence-corrected chi connectivity index (χ2v) is 6.13. The van der Waals surface area contributed by atoms with Gasteiger partial charge in [0.1, 0.15) is 5.82 Å². The van der Waals surface area contributed by atoms with Crippen molar-refractivity contribution in [3.8, 4) is 0 Å². The SMILES string of the molecule is CCCn1ccnc1CC(O)C(OCC)C1CCCCC1. The Hall–Kier alpha value is -0.870. The molecule has 1 heterocycles. The van der Waals surface area contributed by atoms with Gasteiger partial charge in [-0.2, -0.15) is 0 Å². The highest BCUT2D eigenvalue weighted by molar-refractivity contribution is 4.96. The molecular weight excluding hydrogens is 264 g/mol. The molecule has 120 valence electrons. The summed E-state index contributed by atoms with van der Waals surface area (Å²) in [5.41, 5.74) is 0. The molecule has 1 N–H and O–H groups in total. The van der Waals surface area contributed by atoms with E-state index in [9.17, 15) is 5.11 Å². The van der Waals surface area contributed by atoms with Crippen molar-refractivity contribution in [2.45, 2.75) is 77.5 Å². The third kappa shape index (κ3) is 4.55. The minimum atomic E-state index is -0.453. The third-order valence-electron chi connectivity index (χ3n) is 4.51. The molecule has 1 aromatic rings. The fourth-order valence-corrected chi connectivity index (χ4v) is 3.49. The highest BCUT2D eigenvalue weighted by Crippen LogP contribution is 2.30. The van der Waals surface area contributed by atoms with Gasteiger partial charge in [-0.15, -0.1) is 0 Å². The van der Waals surface area contributed by atoms with Crippen LogP contribution in [-0.2, 0) is 17.7 Å². The van der Waals surface area contributed by atoms with Crippen LogP contribution in [0.1, 0.15) is 58.2 Å². The van der Waals surface area contributed by atoms with E-state index in [0.717, 1.165) is 18.8 Å². The van der Waals surface area contributed by atoms with Gasteiger partial charge in [0.05, 0.1) is 12.2 Å². The molecule has 0 aliphatic heterocycles. The summed E-state index contributed by atoms with van der Waals surface area (Å²) in [5.74, 6) is 1.48. The molecule has 0 radical (unpaired) electrons. The van der Waals surface area contributed by atoms with Crippen LogP contribution in [0.4, 0.5) is 0 Å². The summed E-state index contributed by atoms with van der Waals surface area (Å²) in [6.07, 6.45) is 11.2. The Morgan fingerprint density at radius 3 is 2.76 bits per heavy atom. The summed E-state index contributed by atoms with van der Waals surface area (Å²) in [4.78, 5) is 4.41. The molecule has 2 unspecified atom stereocenters. The Bertz CT molecular complexity index is 399. The van der Waals surface area contributed by atoms with E-state index in [1.54, 1.807) is 0 Å². The topological polar surface area (TPSA) is 47.3 Å². The molecule has 2 atom stereocenters. The Morgan fingerprint density at radius 1 is 1.33 bits per heavy atom.